The van der Waals surface area contributed by atoms with Crippen LogP contribution in [-0.2, 0) is 15.1 Å². The van der Waals surface area contributed by atoms with E-state index < -0.39 is 23.4 Å². The maximum atomic E-state index is 14.2. The molecule has 2 amide bonds. The Bertz CT molecular complexity index is 678. The van der Waals surface area contributed by atoms with Crippen LogP contribution in [0.1, 0.15) is 5.56 Å². The molecular formula is C14H14FN3O4. The van der Waals surface area contributed by atoms with Gasteiger partial charge in [-0.15, -0.1) is 0 Å². The van der Waals surface area contributed by atoms with E-state index in [-0.39, 0.29) is 30.6 Å². The van der Waals surface area contributed by atoms with Crippen molar-refractivity contribution in [2.75, 3.05) is 20.3 Å². The topological polar surface area (TPSA) is 91.2 Å². The Hall–Kier alpha value is -2.48. The van der Waals surface area contributed by atoms with E-state index in [1.165, 1.54) is 25.2 Å². The SMILES string of the molecule is CN1C(=O)[C@@H]2COC[C@]2(c2ccccc2F)N=C1NC(=O)O. The van der Waals surface area contributed by atoms with E-state index in [1.807, 2.05) is 0 Å². The summed E-state index contributed by atoms with van der Waals surface area (Å²) in [6.07, 6.45) is -1.35. The Morgan fingerprint density at radius 3 is 2.95 bits per heavy atom. The van der Waals surface area contributed by atoms with Crippen LogP contribution in [-0.4, -0.2) is 48.2 Å². The molecule has 0 saturated carbocycles. The smallest absolute Gasteiger partial charge is 0.411 e. The standard InChI is InChI=1S/C14H14FN3O4/c1-18-11(19)9-6-22-7-14(9,17-12(18)16-13(20)21)8-4-2-3-5-10(8)15/h2-5,9H,6-7H2,1H3,(H,16,17)(H,20,21)/t9-,14+/m0/s1. The van der Waals surface area contributed by atoms with E-state index in [1.54, 1.807) is 6.07 Å². The van der Waals surface area contributed by atoms with E-state index in [0.29, 0.717) is 0 Å². The number of nitrogens with one attached hydrogen (secondary N) is 1. The number of guanidine groups is 1. The first kappa shape index (κ1) is 14.5. The number of carbonyl (C=O) groups is 2. The van der Waals surface area contributed by atoms with Gasteiger partial charge in [0.1, 0.15) is 11.4 Å². The third-order valence-corrected chi connectivity index (χ3v) is 3.99. The van der Waals surface area contributed by atoms with Crippen LogP contribution in [0.3, 0.4) is 0 Å². The molecule has 2 heterocycles. The minimum atomic E-state index is -1.35. The summed E-state index contributed by atoms with van der Waals surface area (Å²) in [5.74, 6) is -1.69. The van der Waals surface area contributed by atoms with Crippen LogP contribution < -0.4 is 5.32 Å². The molecule has 1 fully saturated rings. The van der Waals surface area contributed by atoms with Crippen molar-refractivity contribution in [3.05, 3.63) is 35.6 Å². The average molecular weight is 307 g/mol. The lowest BCUT2D eigenvalue weighted by Gasteiger charge is -2.38. The van der Waals surface area contributed by atoms with Crippen LogP contribution >= 0.6 is 0 Å². The monoisotopic (exact) mass is 307 g/mol. The number of carbonyl (C=O) groups excluding carboxylic acids is 1. The zero-order valence-electron chi connectivity index (χ0n) is 11.7. The molecule has 1 aromatic carbocycles. The van der Waals surface area contributed by atoms with Gasteiger partial charge >= 0.3 is 6.09 Å². The molecule has 7 nitrogen and oxygen atoms in total. The first-order valence-electron chi connectivity index (χ1n) is 6.66. The summed E-state index contributed by atoms with van der Waals surface area (Å²) < 4.78 is 19.6. The number of aliphatic imine (C=N–C) groups is 1. The van der Waals surface area contributed by atoms with Gasteiger partial charge in [0.05, 0.1) is 19.1 Å². The van der Waals surface area contributed by atoms with Crippen molar-refractivity contribution < 1.29 is 23.8 Å². The number of amides is 2. The van der Waals surface area contributed by atoms with Crippen LogP contribution in [0, 0.1) is 11.7 Å². The van der Waals surface area contributed by atoms with Gasteiger partial charge in [0.2, 0.25) is 11.9 Å². The predicted molar refractivity (Wildman–Crippen MR) is 73.8 cm³/mol. The van der Waals surface area contributed by atoms with Gasteiger partial charge < -0.3 is 9.84 Å². The van der Waals surface area contributed by atoms with Gasteiger partial charge in [-0.05, 0) is 6.07 Å². The molecule has 1 aromatic rings. The Morgan fingerprint density at radius 2 is 2.27 bits per heavy atom. The van der Waals surface area contributed by atoms with E-state index in [2.05, 4.69) is 10.3 Å². The quantitative estimate of drug-likeness (QED) is 0.801. The molecule has 2 aliphatic rings. The Balaban J connectivity index is 2.17. The fourth-order valence-corrected chi connectivity index (χ4v) is 2.90. The van der Waals surface area contributed by atoms with Gasteiger partial charge in [0.15, 0.2) is 0 Å². The molecule has 3 rings (SSSR count). The van der Waals surface area contributed by atoms with Crippen LogP contribution in [0.2, 0.25) is 0 Å². The molecular weight excluding hydrogens is 293 g/mol. The summed E-state index contributed by atoms with van der Waals surface area (Å²) in [5.41, 5.74) is -1.02. The van der Waals surface area contributed by atoms with Gasteiger partial charge in [-0.25, -0.2) is 14.2 Å². The minimum Gasteiger partial charge on any atom is -0.465 e. The first-order valence-corrected chi connectivity index (χ1v) is 6.66. The van der Waals surface area contributed by atoms with Crippen molar-refractivity contribution >= 4 is 18.0 Å². The molecule has 2 aliphatic heterocycles. The predicted octanol–water partition coefficient (Wildman–Crippen LogP) is 0.763. The fourth-order valence-electron chi connectivity index (χ4n) is 2.90. The Kier molecular flexibility index (Phi) is 3.32. The highest BCUT2D eigenvalue weighted by Crippen LogP contribution is 2.43. The molecule has 1 saturated heterocycles. The lowest BCUT2D eigenvalue weighted by Crippen LogP contribution is -2.56. The summed E-state index contributed by atoms with van der Waals surface area (Å²) in [5, 5.41) is 11.0. The van der Waals surface area contributed by atoms with Gasteiger partial charge in [-0.2, -0.15) is 0 Å². The molecule has 0 aromatic heterocycles. The highest BCUT2D eigenvalue weighted by atomic mass is 19.1. The Morgan fingerprint density at radius 1 is 1.55 bits per heavy atom. The van der Waals surface area contributed by atoms with Crippen molar-refractivity contribution in [1.29, 1.82) is 0 Å². The number of hydrogen-bond donors (Lipinski definition) is 2. The molecule has 22 heavy (non-hydrogen) atoms. The molecule has 0 aliphatic carbocycles. The maximum absolute atomic E-state index is 14.2. The number of hydrogen-bond acceptors (Lipinski definition) is 4. The summed E-state index contributed by atoms with van der Waals surface area (Å²) in [6, 6.07) is 6.00. The largest absolute Gasteiger partial charge is 0.465 e. The zero-order chi connectivity index (χ0) is 15.9. The number of halogens is 1. The molecule has 0 radical (unpaired) electrons. The van der Waals surface area contributed by atoms with Crippen molar-refractivity contribution in [2.24, 2.45) is 10.9 Å². The second kappa shape index (κ2) is 5.06. The molecule has 116 valence electrons. The Labute approximate surface area is 125 Å². The van der Waals surface area contributed by atoms with E-state index in [4.69, 9.17) is 9.84 Å². The summed E-state index contributed by atoms with van der Waals surface area (Å²) in [7, 11) is 1.42. The van der Waals surface area contributed by atoms with E-state index >= 15 is 0 Å². The molecule has 2 atom stereocenters. The van der Waals surface area contributed by atoms with Crippen LogP contribution in [0.5, 0.6) is 0 Å². The summed E-state index contributed by atoms with van der Waals surface area (Å²) in [6.45, 7) is 0.129. The molecule has 2 N–H and O–H groups in total. The second-order valence-electron chi connectivity index (χ2n) is 5.23. The minimum absolute atomic E-state index is 0.0168. The van der Waals surface area contributed by atoms with Crippen LogP contribution in [0.15, 0.2) is 29.3 Å². The highest BCUT2D eigenvalue weighted by molar-refractivity contribution is 6.05. The zero-order valence-corrected chi connectivity index (χ0v) is 11.7. The number of benzene rings is 1. The summed E-state index contributed by atoms with van der Waals surface area (Å²) in [4.78, 5) is 28.8. The number of fused-ring (bicyclic) bond motifs is 1. The molecule has 8 heteroatoms. The number of nitrogens with zero attached hydrogens (tertiary/aromatic N) is 2. The number of ether oxygens (including phenoxy) is 1. The van der Waals surface area contributed by atoms with Crippen LogP contribution in [0.4, 0.5) is 9.18 Å². The molecule has 0 bridgehead atoms. The van der Waals surface area contributed by atoms with Gasteiger partial charge in [-0.1, -0.05) is 18.2 Å². The van der Waals surface area contributed by atoms with Crippen molar-refractivity contribution in [1.82, 2.24) is 10.2 Å². The fraction of sp³-hybridized carbons (Fsp3) is 0.357. The third-order valence-electron chi connectivity index (χ3n) is 3.99. The maximum Gasteiger partial charge on any atom is 0.411 e. The first-order chi connectivity index (χ1) is 10.5. The lowest BCUT2D eigenvalue weighted by atomic mass is 9.79. The van der Waals surface area contributed by atoms with Crippen molar-refractivity contribution in [2.45, 2.75) is 5.54 Å². The van der Waals surface area contributed by atoms with Gasteiger partial charge in [-0.3, -0.25) is 15.0 Å². The normalized spacial score (nSPS) is 27.4. The number of rotatable bonds is 1. The van der Waals surface area contributed by atoms with E-state index in [9.17, 15) is 14.0 Å². The van der Waals surface area contributed by atoms with Crippen molar-refractivity contribution in [3.8, 4) is 0 Å². The van der Waals surface area contributed by atoms with Gasteiger partial charge in [0, 0.05) is 12.6 Å². The van der Waals surface area contributed by atoms with Gasteiger partial charge in [0.25, 0.3) is 0 Å². The molecule has 0 unspecified atom stereocenters. The summed E-state index contributed by atoms with van der Waals surface area (Å²) >= 11 is 0. The molecule has 0 spiro atoms. The van der Waals surface area contributed by atoms with Crippen LogP contribution in [0.25, 0.3) is 0 Å². The van der Waals surface area contributed by atoms with E-state index in [0.717, 1.165) is 4.90 Å². The number of carboxylic acid groups (broad SMARTS) is 1. The van der Waals surface area contributed by atoms with Crippen molar-refractivity contribution in [3.63, 3.8) is 0 Å². The average Bonchev–Trinajstić information content (AvgIpc) is 2.89. The highest BCUT2D eigenvalue weighted by Gasteiger charge is 2.55. The lowest BCUT2D eigenvalue weighted by molar-refractivity contribution is -0.133. The third kappa shape index (κ3) is 2.03. The second-order valence-corrected chi connectivity index (χ2v) is 5.23.